The third kappa shape index (κ3) is 5.08. The summed E-state index contributed by atoms with van der Waals surface area (Å²) in [4.78, 5) is 11.2. The van der Waals surface area contributed by atoms with Crippen LogP contribution in [0.2, 0.25) is 0 Å². The normalized spacial score (nSPS) is 11.3. The molecule has 0 radical (unpaired) electrons. The van der Waals surface area contributed by atoms with Crippen molar-refractivity contribution in [1.29, 1.82) is 0 Å². The van der Waals surface area contributed by atoms with Crippen molar-refractivity contribution >= 4 is 11.7 Å². The lowest BCUT2D eigenvalue weighted by molar-refractivity contribution is -0.136. The summed E-state index contributed by atoms with van der Waals surface area (Å²) in [7, 11) is 0. The van der Waals surface area contributed by atoms with Gasteiger partial charge in [0.1, 0.15) is 0 Å². The lowest BCUT2D eigenvalue weighted by Gasteiger charge is -1.96. The van der Waals surface area contributed by atoms with Gasteiger partial charge in [-0.05, 0) is 26.0 Å². The number of benzene rings is 1. The molecule has 0 fully saturated rings. The van der Waals surface area contributed by atoms with Crippen LogP contribution in [0.25, 0.3) is 0 Å². The van der Waals surface area contributed by atoms with Crippen molar-refractivity contribution in [2.24, 2.45) is 10.2 Å². The van der Waals surface area contributed by atoms with E-state index in [9.17, 15) is 4.79 Å². The second-order valence-corrected chi connectivity index (χ2v) is 3.63. The molecule has 0 amide bonds. The van der Waals surface area contributed by atoms with Gasteiger partial charge in [0, 0.05) is 6.08 Å². The number of allylic oxidation sites excluding steroid dienone is 1. The summed E-state index contributed by atoms with van der Waals surface area (Å²) in [5.74, 6) is 1.69. The summed E-state index contributed by atoms with van der Waals surface area (Å²) in [6.45, 7) is 3.61. The van der Waals surface area contributed by atoms with E-state index in [-0.39, 0.29) is 6.61 Å². The molecule has 4 nitrogen and oxygen atoms in total. The highest BCUT2D eigenvalue weighted by atomic mass is 16.5. The molecular formula is C14H14N2O2. The molecule has 18 heavy (non-hydrogen) atoms. The van der Waals surface area contributed by atoms with E-state index in [4.69, 9.17) is 6.42 Å². The van der Waals surface area contributed by atoms with Crippen LogP contribution in [0.3, 0.4) is 0 Å². The van der Waals surface area contributed by atoms with Gasteiger partial charge in [0.25, 0.3) is 0 Å². The molecule has 0 aromatic heterocycles. The van der Waals surface area contributed by atoms with Crippen molar-refractivity contribution in [1.82, 2.24) is 0 Å². The van der Waals surface area contributed by atoms with E-state index in [1.807, 2.05) is 31.2 Å². The number of rotatable bonds is 4. The predicted molar refractivity (Wildman–Crippen MR) is 69.2 cm³/mol. The Kier molecular flexibility index (Phi) is 5.33. The molecule has 0 unspecified atom stereocenters. The van der Waals surface area contributed by atoms with Crippen molar-refractivity contribution < 1.29 is 9.53 Å². The maximum atomic E-state index is 11.2. The monoisotopic (exact) mass is 242 g/mol. The summed E-state index contributed by atoms with van der Waals surface area (Å²) in [6, 6.07) is 7.58. The van der Waals surface area contributed by atoms with E-state index in [1.165, 1.54) is 6.08 Å². The number of carbonyl (C=O) groups excluding carboxylic acids is 1. The average molecular weight is 242 g/mol. The summed E-state index contributed by atoms with van der Waals surface area (Å²) in [6.07, 6.45) is 6.21. The lowest BCUT2D eigenvalue weighted by Crippen LogP contribution is -2.00. The number of carbonyl (C=O) groups is 1. The summed E-state index contributed by atoms with van der Waals surface area (Å²) >= 11 is 0. The molecule has 1 aromatic rings. The zero-order valence-electron chi connectivity index (χ0n) is 10.4. The van der Waals surface area contributed by atoms with E-state index >= 15 is 0 Å². The van der Waals surface area contributed by atoms with E-state index in [0.717, 1.165) is 11.3 Å². The molecule has 0 aliphatic carbocycles. The second-order valence-electron chi connectivity index (χ2n) is 3.63. The van der Waals surface area contributed by atoms with E-state index in [2.05, 4.69) is 20.9 Å². The fourth-order valence-electron chi connectivity index (χ4n) is 1.10. The first-order valence-corrected chi connectivity index (χ1v) is 5.39. The molecule has 0 bridgehead atoms. The highest BCUT2D eigenvalue weighted by Crippen LogP contribution is 2.14. The summed E-state index contributed by atoms with van der Waals surface area (Å²) < 4.78 is 4.68. The average Bonchev–Trinajstić information content (AvgIpc) is 2.35. The SMILES string of the molecule is C#CCOC(=O)/C=C(\C)N=Nc1ccc(C)cc1. The minimum absolute atomic E-state index is 0.0439. The Morgan fingerprint density at radius 2 is 2.11 bits per heavy atom. The van der Waals surface area contributed by atoms with Crippen LogP contribution in [-0.4, -0.2) is 12.6 Å². The van der Waals surface area contributed by atoms with Gasteiger partial charge in [0.05, 0.1) is 11.4 Å². The van der Waals surface area contributed by atoms with Crippen LogP contribution in [0.5, 0.6) is 0 Å². The third-order valence-corrected chi connectivity index (χ3v) is 1.98. The molecule has 0 spiro atoms. The van der Waals surface area contributed by atoms with Crippen LogP contribution >= 0.6 is 0 Å². The summed E-state index contributed by atoms with van der Waals surface area (Å²) in [5.41, 5.74) is 2.34. The zero-order valence-corrected chi connectivity index (χ0v) is 10.4. The number of hydrogen-bond acceptors (Lipinski definition) is 4. The Labute approximate surface area is 106 Å². The van der Waals surface area contributed by atoms with Gasteiger partial charge < -0.3 is 4.74 Å². The quantitative estimate of drug-likeness (QED) is 0.352. The van der Waals surface area contributed by atoms with E-state index in [1.54, 1.807) is 6.92 Å². The minimum Gasteiger partial charge on any atom is -0.449 e. The minimum atomic E-state index is -0.520. The molecule has 0 saturated heterocycles. The fraction of sp³-hybridized carbons (Fsp3) is 0.214. The molecule has 0 saturated carbocycles. The first kappa shape index (κ1) is 13.7. The molecule has 0 aliphatic rings. The fourth-order valence-corrected chi connectivity index (χ4v) is 1.10. The molecule has 1 aromatic carbocycles. The Bertz CT molecular complexity index is 508. The number of terminal acetylenes is 1. The van der Waals surface area contributed by atoms with Crippen LogP contribution in [0.15, 0.2) is 46.3 Å². The summed E-state index contributed by atoms with van der Waals surface area (Å²) in [5, 5.41) is 7.89. The van der Waals surface area contributed by atoms with Crippen LogP contribution in [0, 0.1) is 19.3 Å². The van der Waals surface area contributed by atoms with Crippen molar-refractivity contribution in [3.8, 4) is 12.3 Å². The molecule has 4 heteroatoms. The topological polar surface area (TPSA) is 51.0 Å². The number of ether oxygens (including phenoxy) is 1. The molecule has 1 rings (SSSR count). The van der Waals surface area contributed by atoms with Crippen molar-refractivity contribution in [3.05, 3.63) is 41.6 Å². The van der Waals surface area contributed by atoms with Gasteiger partial charge in [-0.3, -0.25) is 0 Å². The number of azo groups is 1. The maximum absolute atomic E-state index is 11.2. The van der Waals surface area contributed by atoms with E-state index < -0.39 is 5.97 Å². The van der Waals surface area contributed by atoms with Crippen LogP contribution < -0.4 is 0 Å². The molecule has 92 valence electrons. The van der Waals surface area contributed by atoms with Gasteiger partial charge in [-0.25, -0.2) is 4.79 Å². The smallest absolute Gasteiger partial charge is 0.333 e. The zero-order chi connectivity index (χ0) is 13.4. The Morgan fingerprint density at radius 1 is 1.44 bits per heavy atom. The predicted octanol–water partition coefficient (Wildman–Crippen LogP) is 3.16. The van der Waals surface area contributed by atoms with Gasteiger partial charge in [0.2, 0.25) is 0 Å². The van der Waals surface area contributed by atoms with Crippen LogP contribution in [0.1, 0.15) is 12.5 Å². The number of aryl methyl sites for hydroxylation is 1. The van der Waals surface area contributed by atoms with Gasteiger partial charge in [-0.2, -0.15) is 10.2 Å². The van der Waals surface area contributed by atoms with Gasteiger partial charge in [-0.1, -0.05) is 23.6 Å². The van der Waals surface area contributed by atoms with Gasteiger partial charge in [0.15, 0.2) is 6.61 Å². The molecular weight excluding hydrogens is 228 g/mol. The second kappa shape index (κ2) is 7.02. The number of nitrogens with zero attached hydrogens (tertiary/aromatic N) is 2. The van der Waals surface area contributed by atoms with Crippen molar-refractivity contribution in [2.45, 2.75) is 13.8 Å². The van der Waals surface area contributed by atoms with E-state index in [0.29, 0.717) is 5.70 Å². The third-order valence-electron chi connectivity index (χ3n) is 1.98. The van der Waals surface area contributed by atoms with Crippen LogP contribution in [-0.2, 0) is 9.53 Å². The van der Waals surface area contributed by atoms with Gasteiger partial charge >= 0.3 is 5.97 Å². The Balaban J connectivity index is 2.61. The van der Waals surface area contributed by atoms with Crippen molar-refractivity contribution in [2.75, 3.05) is 6.61 Å². The molecule has 0 aliphatic heterocycles. The molecule has 0 heterocycles. The maximum Gasteiger partial charge on any atom is 0.333 e. The molecule has 0 N–H and O–H groups in total. The number of hydrogen-bond donors (Lipinski definition) is 0. The first-order valence-electron chi connectivity index (χ1n) is 5.39. The highest BCUT2D eigenvalue weighted by Gasteiger charge is 1.97. The Hall–Kier alpha value is -2.41. The lowest BCUT2D eigenvalue weighted by atomic mass is 10.2. The largest absolute Gasteiger partial charge is 0.449 e. The van der Waals surface area contributed by atoms with Crippen molar-refractivity contribution in [3.63, 3.8) is 0 Å². The Morgan fingerprint density at radius 3 is 2.72 bits per heavy atom. The first-order chi connectivity index (χ1) is 8.61. The number of esters is 1. The van der Waals surface area contributed by atoms with Crippen LogP contribution in [0.4, 0.5) is 5.69 Å². The highest BCUT2D eigenvalue weighted by molar-refractivity contribution is 5.82. The van der Waals surface area contributed by atoms with Gasteiger partial charge in [-0.15, -0.1) is 6.42 Å². The molecule has 0 atom stereocenters. The standard InChI is InChI=1S/C14H14N2O2/c1-4-9-18-14(17)10-12(3)15-16-13-7-5-11(2)6-8-13/h1,5-8,10H,9H2,2-3H3/b12-10+,16-15?.